The van der Waals surface area contributed by atoms with Crippen molar-refractivity contribution in [1.82, 2.24) is 0 Å². The maximum Gasteiger partial charge on any atom is 0.333 e. The summed E-state index contributed by atoms with van der Waals surface area (Å²) in [5.74, 6) is -1.34. The van der Waals surface area contributed by atoms with Gasteiger partial charge >= 0.3 is 11.9 Å². The lowest BCUT2D eigenvalue weighted by molar-refractivity contribution is -0.198. The molecule has 140 valence electrons. The molecule has 2 unspecified atom stereocenters. The number of ether oxygens (including phenoxy) is 4. The fourth-order valence-corrected chi connectivity index (χ4v) is 1.66. The van der Waals surface area contributed by atoms with Crippen LogP contribution in [0.1, 0.15) is 68.2 Å². The van der Waals surface area contributed by atoms with Crippen LogP contribution >= 0.6 is 0 Å². The van der Waals surface area contributed by atoms with Gasteiger partial charge in [0.05, 0.1) is 11.2 Å². The smallest absolute Gasteiger partial charge is 0.333 e. The first-order valence-corrected chi connectivity index (χ1v) is 8.35. The van der Waals surface area contributed by atoms with E-state index < -0.39 is 24.5 Å². The molecule has 0 N–H and O–H groups in total. The molecular formula is C18H32O6. The fourth-order valence-electron chi connectivity index (χ4n) is 1.66. The van der Waals surface area contributed by atoms with Crippen molar-refractivity contribution in [1.29, 1.82) is 0 Å². The normalized spacial score (nSPS) is 15.2. The molecule has 0 aromatic rings. The fraction of sp³-hybridized carbons (Fsp3) is 0.778. The summed E-state index contributed by atoms with van der Waals surface area (Å²) in [6.07, 6.45) is 2.17. The molecule has 24 heavy (non-hydrogen) atoms. The van der Waals surface area contributed by atoms with Crippen molar-refractivity contribution in [3.63, 3.8) is 0 Å². The van der Waals surface area contributed by atoms with E-state index in [9.17, 15) is 9.59 Å². The minimum absolute atomic E-state index is 0.388. The molecule has 0 spiro atoms. The van der Waals surface area contributed by atoms with Crippen LogP contribution in [0.5, 0.6) is 0 Å². The lowest BCUT2D eigenvalue weighted by atomic mass is 10.1. The van der Waals surface area contributed by atoms with Gasteiger partial charge in [0.2, 0.25) is 12.6 Å². The van der Waals surface area contributed by atoms with Gasteiger partial charge in [0.15, 0.2) is 0 Å². The van der Waals surface area contributed by atoms with Crippen LogP contribution in [0, 0.1) is 0 Å². The van der Waals surface area contributed by atoms with Crippen molar-refractivity contribution < 1.29 is 28.5 Å². The van der Waals surface area contributed by atoms with Crippen molar-refractivity contribution >= 4 is 11.9 Å². The van der Waals surface area contributed by atoms with Crippen LogP contribution in [0.25, 0.3) is 0 Å². The number of hydrogen-bond donors (Lipinski definition) is 0. The topological polar surface area (TPSA) is 71.1 Å². The zero-order valence-electron chi connectivity index (χ0n) is 16.2. The lowest BCUT2D eigenvalue weighted by Gasteiger charge is -2.27. The Morgan fingerprint density at radius 2 is 1.08 bits per heavy atom. The summed E-state index contributed by atoms with van der Waals surface area (Å²) in [5.41, 5.74) is -0.775. The van der Waals surface area contributed by atoms with E-state index in [1.807, 2.05) is 41.5 Å². The van der Waals surface area contributed by atoms with Crippen LogP contribution < -0.4 is 0 Å². The molecule has 0 rings (SSSR count). The highest BCUT2D eigenvalue weighted by Crippen LogP contribution is 2.17. The largest absolute Gasteiger partial charge is 0.433 e. The van der Waals surface area contributed by atoms with E-state index in [1.54, 1.807) is 13.8 Å². The number of hydrogen-bond acceptors (Lipinski definition) is 6. The van der Waals surface area contributed by atoms with Gasteiger partial charge in [-0.15, -0.1) is 0 Å². The minimum Gasteiger partial charge on any atom is -0.433 e. The molecule has 0 fully saturated rings. The third-order valence-electron chi connectivity index (χ3n) is 3.59. The predicted octanol–water partition coefficient (Wildman–Crippen LogP) is 3.73. The Bertz CT molecular complexity index is 399. The van der Waals surface area contributed by atoms with Crippen LogP contribution in [-0.2, 0) is 28.5 Å². The van der Waals surface area contributed by atoms with E-state index in [0.29, 0.717) is 0 Å². The maximum atomic E-state index is 11.7. The molecule has 0 bridgehead atoms. The monoisotopic (exact) mass is 344 g/mol. The molecule has 0 aliphatic heterocycles. The second-order valence-corrected chi connectivity index (χ2v) is 6.80. The van der Waals surface area contributed by atoms with Gasteiger partial charge in [0.1, 0.15) is 0 Å². The molecule has 2 atom stereocenters. The Kier molecular flexibility index (Phi) is 9.22. The molecule has 0 heterocycles. The van der Waals surface area contributed by atoms with E-state index in [0.717, 1.165) is 25.0 Å². The predicted molar refractivity (Wildman–Crippen MR) is 91.2 cm³/mol. The van der Waals surface area contributed by atoms with E-state index in [-0.39, 0.29) is 11.2 Å². The molecule has 0 aromatic heterocycles. The molecule has 6 heteroatoms. The Morgan fingerprint density at radius 3 is 1.33 bits per heavy atom. The van der Waals surface area contributed by atoms with E-state index in [4.69, 9.17) is 18.9 Å². The van der Waals surface area contributed by atoms with Gasteiger partial charge in [0, 0.05) is 12.2 Å². The third-order valence-corrected chi connectivity index (χ3v) is 3.59. The van der Waals surface area contributed by atoms with Crippen molar-refractivity contribution in [2.75, 3.05) is 0 Å². The lowest BCUT2D eigenvalue weighted by Crippen LogP contribution is -2.31. The Hall–Kier alpha value is -1.40. The van der Waals surface area contributed by atoms with Crippen LogP contribution in [0.3, 0.4) is 0 Å². The van der Waals surface area contributed by atoms with Crippen molar-refractivity contribution in [2.24, 2.45) is 0 Å². The zero-order chi connectivity index (χ0) is 19.0. The first kappa shape index (κ1) is 22.6. The second kappa shape index (κ2) is 9.79. The number of carbonyl (C=O) groups is 2. The van der Waals surface area contributed by atoms with E-state index >= 15 is 0 Å². The van der Waals surface area contributed by atoms with E-state index in [1.165, 1.54) is 0 Å². The first-order chi connectivity index (χ1) is 10.9. The van der Waals surface area contributed by atoms with Crippen molar-refractivity contribution in [3.05, 3.63) is 12.2 Å². The van der Waals surface area contributed by atoms with Gasteiger partial charge < -0.3 is 18.9 Å². The van der Waals surface area contributed by atoms with Gasteiger partial charge in [-0.05, 0) is 54.4 Å². The van der Waals surface area contributed by atoms with E-state index in [2.05, 4.69) is 0 Å². The molecular weight excluding hydrogens is 312 g/mol. The quantitative estimate of drug-likeness (QED) is 0.342. The van der Waals surface area contributed by atoms with Gasteiger partial charge in [-0.3, -0.25) is 0 Å². The van der Waals surface area contributed by atoms with Gasteiger partial charge in [-0.2, -0.15) is 0 Å². The number of rotatable bonds is 10. The minimum atomic E-state index is -0.708. The summed E-state index contributed by atoms with van der Waals surface area (Å²) in [6, 6.07) is 0. The average Bonchev–Trinajstić information content (AvgIpc) is 2.43. The molecule has 0 aliphatic carbocycles. The molecule has 0 saturated heterocycles. The average molecular weight is 344 g/mol. The highest BCUT2D eigenvalue weighted by atomic mass is 16.7. The van der Waals surface area contributed by atoms with Crippen LogP contribution in [0.2, 0.25) is 0 Å². The zero-order valence-corrected chi connectivity index (χ0v) is 16.2. The summed E-state index contributed by atoms with van der Waals surface area (Å²) in [6.45, 7) is 14.8. The first-order valence-electron chi connectivity index (χ1n) is 8.35. The molecule has 6 nitrogen and oxygen atoms in total. The Labute approximate surface area is 145 Å². The summed E-state index contributed by atoms with van der Waals surface area (Å²) < 4.78 is 21.3. The van der Waals surface area contributed by atoms with Gasteiger partial charge in [-0.1, -0.05) is 13.8 Å². The Morgan fingerprint density at radius 1 is 0.792 bits per heavy atom. The summed E-state index contributed by atoms with van der Waals surface area (Å²) in [4.78, 5) is 23.3. The summed E-state index contributed by atoms with van der Waals surface area (Å²) in [5, 5.41) is 0. The molecule has 0 amide bonds. The van der Waals surface area contributed by atoms with Gasteiger partial charge in [-0.25, -0.2) is 9.59 Å². The third kappa shape index (κ3) is 10.4. The molecule has 0 aliphatic rings. The highest BCUT2D eigenvalue weighted by molar-refractivity contribution is 5.91. The summed E-state index contributed by atoms with van der Waals surface area (Å²) in [7, 11) is 0. The van der Waals surface area contributed by atoms with Crippen molar-refractivity contribution in [3.8, 4) is 0 Å². The standard InChI is InChI=1S/C18H32O6/c1-9-17(5,6)23-13(3)21-15(19)11-12-16(20)22-14(4)24-18(7,8)10-2/h11-14H,9-10H2,1-8H3/b12-11+. The molecule has 0 radical (unpaired) electrons. The summed E-state index contributed by atoms with van der Waals surface area (Å²) >= 11 is 0. The van der Waals surface area contributed by atoms with Crippen LogP contribution in [-0.4, -0.2) is 35.7 Å². The number of esters is 2. The SMILES string of the molecule is CCC(C)(C)OC(C)OC(=O)/C=C/C(=O)OC(C)OC(C)(C)CC. The molecule has 0 saturated carbocycles. The Balaban J connectivity index is 4.32. The highest BCUT2D eigenvalue weighted by Gasteiger charge is 2.22. The second-order valence-electron chi connectivity index (χ2n) is 6.80. The molecule has 0 aromatic carbocycles. The van der Waals surface area contributed by atoms with Crippen LogP contribution in [0.15, 0.2) is 12.2 Å². The number of carbonyl (C=O) groups excluding carboxylic acids is 2. The van der Waals surface area contributed by atoms with Crippen molar-refractivity contribution in [2.45, 2.75) is 92.0 Å². The van der Waals surface area contributed by atoms with Crippen LogP contribution in [0.4, 0.5) is 0 Å². The van der Waals surface area contributed by atoms with Gasteiger partial charge in [0.25, 0.3) is 0 Å². The maximum absolute atomic E-state index is 11.7.